The number of nitrogens with zero attached hydrogens (tertiary/aromatic N) is 1. The molecule has 2 amide bonds. The molecule has 0 fully saturated rings. The van der Waals surface area contributed by atoms with E-state index in [4.69, 9.17) is 14.2 Å². The van der Waals surface area contributed by atoms with Crippen molar-refractivity contribution >= 4 is 11.8 Å². The highest BCUT2D eigenvalue weighted by Gasteiger charge is 2.50. The van der Waals surface area contributed by atoms with Crippen molar-refractivity contribution in [3.8, 4) is 17.2 Å². The Bertz CT molecular complexity index is 1150. The minimum absolute atomic E-state index is 0.0926. The number of ether oxygens (including phenoxy) is 3. The molecule has 1 aliphatic heterocycles. The SMILES string of the molecule is COc1ccc(OC)c(CCN(C(C)=O)C2C=C(C(=O)NCCO)C3c4ccccc4OC3C2O)c1. The van der Waals surface area contributed by atoms with E-state index in [9.17, 15) is 19.8 Å². The van der Waals surface area contributed by atoms with Crippen LogP contribution >= 0.6 is 0 Å². The lowest BCUT2D eigenvalue weighted by Gasteiger charge is -2.40. The number of carbonyl (C=O) groups is 2. The Balaban J connectivity index is 1.67. The van der Waals surface area contributed by atoms with Gasteiger partial charge in [-0.25, -0.2) is 0 Å². The molecule has 4 unspecified atom stereocenters. The lowest BCUT2D eigenvalue weighted by atomic mass is 9.77. The van der Waals surface area contributed by atoms with E-state index >= 15 is 0 Å². The van der Waals surface area contributed by atoms with Crippen molar-refractivity contribution in [2.24, 2.45) is 0 Å². The summed E-state index contributed by atoms with van der Waals surface area (Å²) in [4.78, 5) is 27.5. The maximum Gasteiger partial charge on any atom is 0.247 e. The summed E-state index contributed by atoms with van der Waals surface area (Å²) in [6.45, 7) is 1.60. The highest BCUT2D eigenvalue weighted by atomic mass is 16.5. The number of amides is 2. The van der Waals surface area contributed by atoms with E-state index in [1.807, 2.05) is 24.3 Å². The van der Waals surface area contributed by atoms with Crippen LogP contribution in [0.3, 0.4) is 0 Å². The Hall–Kier alpha value is -3.56. The molecule has 2 aromatic rings. The number of para-hydroxylation sites is 1. The monoisotopic (exact) mass is 496 g/mol. The summed E-state index contributed by atoms with van der Waals surface area (Å²) in [6, 6.07) is 12.0. The summed E-state index contributed by atoms with van der Waals surface area (Å²) < 4.78 is 16.9. The van der Waals surface area contributed by atoms with Crippen LogP contribution in [0.5, 0.6) is 17.2 Å². The third kappa shape index (κ3) is 4.89. The molecule has 3 N–H and O–H groups in total. The molecule has 1 aliphatic carbocycles. The first-order chi connectivity index (χ1) is 17.4. The van der Waals surface area contributed by atoms with E-state index in [0.29, 0.717) is 29.2 Å². The van der Waals surface area contributed by atoms with Gasteiger partial charge in [0.15, 0.2) is 0 Å². The van der Waals surface area contributed by atoms with Gasteiger partial charge in [-0.3, -0.25) is 9.59 Å². The molecule has 0 radical (unpaired) electrons. The summed E-state index contributed by atoms with van der Waals surface area (Å²) in [6.07, 6.45) is 0.306. The second-order valence-corrected chi connectivity index (χ2v) is 8.82. The molecule has 192 valence electrons. The second-order valence-electron chi connectivity index (χ2n) is 8.82. The predicted octanol–water partition coefficient (Wildman–Crippen LogP) is 1.42. The average Bonchev–Trinajstić information content (AvgIpc) is 3.28. The number of hydrogen-bond donors (Lipinski definition) is 3. The van der Waals surface area contributed by atoms with Crippen molar-refractivity contribution in [3.63, 3.8) is 0 Å². The van der Waals surface area contributed by atoms with E-state index in [0.717, 1.165) is 11.1 Å². The molecule has 2 aliphatic rings. The lowest BCUT2D eigenvalue weighted by Crippen LogP contribution is -2.55. The number of benzene rings is 2. The van der Waals surface area contributed by atoms with Crippen molar-refractivity contribution in [1.82, 2.24) is 10.2 Å². The molecule has 0 aromatic heterocycles. The molecule has 4 rings (SSSR count). The Kier molecular flexibility index (Phi) is 7.81. The zero-order chi connectivity index (χ0) is 25.8. The number of nitrogens with one attached hydrogen (secondary N) is 1. The fraction of sp³-hybridized carbons (Fsp3) is 0.407. The topological polar surface area (TPSA) is 118 Å². The van der Waals surface area contributed by atoms with Gasteiger partial charge in [0.1, 0.15) is 29.5 Å². The van der Waals surface area contributed by atoms with E-state index in [2.05, 4.69) is 5.32 Å². The first-order valence-electron chi connectivity index (χ1n) is 11.9. The lowest BCUT2D eigenvalue weighted by molar-refractivity contribution is -0.134. The zero-order valence-corrected chi connectivity index (χ0v) is 20.6. The van der Waals surface area contributed by atoms with Crippen LogP contribution in [0.2, 0.25) is 0 Å². The maximum absolute atomic E-state index is 13.1. The Morgan fingerprint density at radius 3 is 2.61 bits per heavy atom. The third-order valence-corrected chi connectivity index (χ3v) is 6.75. The summed E-state index contributed by atoms with van der Waals surface area (Å²) >= 11 is 0. The number of fused-ring (bicyclic) bond motifs is 3. The molecule has 36 heavy (non-hydrogen) atoms. The highest BCUT2D eigenvalue weighted by Crippen LogP contribution is 2.47. The Labute approximate surface area is 210 Å². The fourth-order valence-corrected chi connectivity index (χ4v) is 5.03. The molecule has 9 nitrogen and oxygen atoms in total. The summed E-state index contributed by atoms with van der Waals surface area (Å²) in [7, 11) is 3.16. The standard InChI is InChI=1S/C27H32N2O7/c1-16(31)29(12-10-17-14-18(34-2)8-9-22(17)35-3)21-15-20(27(33)28-11-13-30)24-19-6-4-5-7-23(19)36-26(24)25(21)32/h4-9,14-15,21,24-26,30,32H,10-13H2,1-3H3,(H,28,33). The van der Waals surface area contributed by atoms with Crippen LogP contribution < -0.4 is 19.5 Å². The van der Waals surface area contributed by atoms with Gasteiger partial charge < -0.3 is 34.6 Å². The number of methoxy groups -OCH3 is 2. The van der Waals surface area contributed by atoms with Crippen molar-refractivity contribution in [3.05, 3.63) is 65.2 Å². The molecule has 0 saturated carbocycles. The normalized spacial score (nSPS) is 22.0. The van der Waals surface area contributed by atoms with Gasteiger partial charge in [-0.15, -0.1) is 0 Å². The number of rotatable bonds is 9. The van der Waals surface area contributed by atoms with Crippen LogP contribution in [0.1, 0.15) is 24.0 Å². The quantitative estimate of drug-likeness (QED) is 0.481. The number of aliphatic hydroxyl groups is 2. The zero-order valence-electron chi connectivity index (χ0n) is 20.6. The Morgan fingerprint density at radius 2 is 1.92 bits per heavy atom. The van der Waals surface area contributed by atoms with Crippen LogP contribution in [0, 0.1) is 0 Å². The van der Waals surface area contributed by atoms with E-state index < -0.39 is 24.2 Å². The molecule has 2 aromatic carbocycles. The van der Waals surface area contributed by atoms with Crippen molar-refractivity contribution in [2.75, 3.05) is 33.9 Å². The number of hydrogen-bond acceptors (Lipinski definition) is 7. The molecule has 0 saturated heterocycles. The predicted molar refractivity (Wildman–Crippen MR) is 132 cm³/mol. The Morgan fingerprint density at radius 1 is 1.14 bits per heavy atom. The molecular weight excluding hydrogens is 464 g/mol. The van der Waals surface area contributed by atoms with Gasteiger partial charge >= 0.3 is 0 Å². The van der Waals surface area contributed by atoms with Crippen LogP contribution in [0.15, 0.2) is 54.1 Å². The first-order valence-corrected chi connectivity index (χ1v) is 11.9. The smallest absolute Gasteiger partial charge is 0.247 e. The number of carbonyl (C=O) groups excluding carboxylic acids is 2. The van der Waals surface area contributed by atoms with Crippen LogP contribution in [-0.2, 0) is 16.0 Å². The van der Waals surface area contributed by atoms with Crippen molar-refractivity contribution < 1.29 is 34.0 Å². The minimum atomic E-state index is -1.06. The average molecular weight is 497 g/mol. The molecule has 4 atom stereocenters. The van der Waals surface area contributed by atoms with E-state index in [1.54, 1.807) is 43.4 Å². The maximum atomic E-state index is 13.1. The van der Waals surface area contributed by atoms with Gasteiger partial charge in [0.25, 0.3) is 0 Å². The molecule has 9 heteroatoms. The van der Waals surface area contributed by atoms with Gasteiger partial charge in [-0.2, -0.15) is 0 Å². The molecule has 0 spiro atoms. The van der Waals surface area contributed by atoms with E-state index in [1.165, 1.54) is 6.92 Å². The van der Waals surface area contributed by atoms with Gasteiger partial charge in [-0.1, -0.05) is 18.2 Å². The summed E-state index contributed by atoms with van der Waals surface area (Å²) in [5.41, 5.74) is 2.06. The largest absolute Gasteiger partial charge is 0.497 e. The van der Waals surface area contributed by atoms with Gasteiger partial charge in [-0.05, 0) is 42.3 Å². The number of aliphatic hydroxyl groups excluding tert-OH is 2. The summed E-state index contributed by atoms with van der Waals surface area (Å²) in [5.74, 6) is 0.829. The van der Waals surface area contributed by atoms with Crippen LogP contribution in [-0.4, -0.2) is 79.1 Å². The second kappa shape index (κ2) is 11.0. The van der Waals surface area contributed by atoms with Crippen molar-refractivity contribution in [2.45, 2.75) is 37.5 Å². The third-order valence-electron chi connectivity index (χ3n) is 6.75. The van der Waals surface area contributed by atoms with Gasteiger partial charge in [0.05, 0.1) is 32.8 Å². The fourth-order valence-electron chi connectivity index (χ4n) is 5.03. The van der Waals surface area contributed by atoms with E-state index in [-0.39, 0.29) is 31.5 Å². The van der Waals surface area contributed by atoms with Gasteiger partial charge in [0, 0.05) is 31.1 Å². The van der Waals surface area contributed by atoms with Crippen molar-refractivity contribution in [1.29, 1.82) is 0 Å². The molecule has 0 bridgehead atoms. The highest BCUT2D eigenvalue weighted by molar-refractivity contribution is 5.96. The summed E-state index contributed by atoms with van der Waals surface area (Å²) in [5, 5.41) is 23.3. The molecule has 1 heterocycles. The van der Waals surface area contributed by atoms with Crippen LogP contribution in [0.25, 0.3) is 0 Å². The minimum Gasteiger partial charge on any atom is -0.497 e. The first kappa shape index (κ1) is 25.5. The van der Waals surface area contributed by atoms with Crippen LogP contribution in [0.4, 0.5) is 0 Å². The van der Waals surface area contributed by atoms with Gasteiger partial charge in [0.2, 0.25) is 11.8 Å². The molecular formula is C27H32N2O7.